The van der Waals surface area contributed by atoms with Gasteiger partial charge in [-0.1, -0.05) is 0 Å². The summed E-state index contributed by atoms with van der Waals surface area (Å²) in [5, 5.41) is 3.00. The van der Waals surface area contributed by atoms with E-state index >= 15 is 0 Å². The lowest BCUT2D eigenvalue weighted by Gasteiger charge is -2.34. The van der Waals surface area contributed by atoms with Crippen LogP contribution >= 0.6 is 0 Å². The molecule has 6 heteroatoms. The average Bonchev–Trinajstić information content (AvgIpc) is 2.63. The summed E-state index contributed by atoms with van der Waals surface area (Å²) in [6, 6.07) is 5.54. The number of piperidine rings is 1. The van der Waals surface area contributed by atoms with Gasteiger partial charge in [0.2, 0.25) is 0 Å². The molecule has 24 heavy (non-hydrogen) atoms. The molecule has 1 aromatic carbocycles. The highest BCUT2D eigenvalue weighted by Crippen LogP contribution is 2.21. The smallest absolute Gasteiger partial charge is 0.317 e. The van der Waals surface area contributed by atoms with E-state index in [9.17, 15) is 14.0 Å². The zero-order chi connectivity index (χ0) is 16.9. The third-order valence-corrected chi connectivity index (χ3v) is 4.70. The van der Waals surface area contributed by atoms with Crippen LogP contribution in [0.4, 0.5) is 9.18 Å². The first kappa shape index (κ1) is 16.9. The van der Waals surface area contributed by atoms with E-state index in [2.05, 4.69) is 5.32 Å². The molecule has 0 bridgehead atoms. The van der Waals surface area contributed by atoms with Crippen molar-refractivity contribution in [1.29, 1.82) is 0 Å². The first-order valence-corrected chi connectivity index (χ1v) is 8.56. The van der Waals surface area contributed by atoms with E-state index in [4.69, 9.17) is 4.74 Å². The quantitative estimate of drug-likeness (QED) is 0.865. The number of hydrogen-bond acceptors (Lipinski definition) is 3. The number of likely N-dealkylation sites (tertiary alicyclic amines) is 1. The molecule has 2 atom stereocenters. The molecule has 130 valence electrons. The highest BCUT2D eigenvalue weighted by Gasteiger charge is 2.30. The molecule has 3 rings (SSSR count). The Morgan fingerprint density at radius 2 is 1.96 bits per heavy atom. The Balaban J connectivity index is 1.58. The largest absolute Gasteiger partial charge is 0.379 e. The molecule has 0 unspecified atom stereocenters. The number of Topliss-reactive ketones (excluding diaryl/α,β-unsaturated/α-hetero) is 1. The van der Waals surface area contributed by atoms with E-state index in [1.807, 2.05) is 0 Å². The number of ketones is 1. The fourth-order valence-electron chi connectivity index (χ4n) is 3.35. The Morgan fingerprint density at radius 1 is 1.17 bits per heavy atom. The number of rotatable bonds is 3. The van der Waals surface area contributed by atoms with Crippen molar-refractivity contribution in [2.45, 2.75) is 31.7 Å². The predicted molar refractivity (Wildman–Crippen MR) is 87.4 cm³/mol. The van der Waals surface area contributed by atoms with Gasteiger partial charge in [0.1, 0.15) is 5.82 Å². The number of urea groups is 1. The Morgan fingerprint density at radius 3 is 2.67 bits per heavy atom. The van der Waals surface area contributed by atoms with Gasteiger partial charge in [-0.2, -0.15) is 0 Å². The third-order valence-electron chi connectivity index (χ3n) is 4.70. The molecule has 1 N–H and O–H groups in total. The number of carbonyl (C=O) groups is 2. The summed E-state index contributed by atoms with van der Waals surface area (Å²) >= 11 is 0. The maximum absolute atomic E-state index is 13.0. The number of halogens is 1. The van der Waals surface area contributed by atoms with Crippen molar-refractivity contribution in [3.05, 3.63) is 35.6 Å². The Bertz CT molecular complexity index is 584. The zero-order valence-corrected chi connectivity index (χ0v) is 13.7. The molecule has 0 radical (unpaired) electrons. The van der Waals surface area contributed by atoms with Gasteiger partial charge in [-0.3, -0.25) is 4.79 Å². The van der Waals surface area contributed by atoms with Crippen LogP contribution in [0.3, 0.4) is 0 Å². The van der Waals surface area contributed by atoms with E-state index in [1.54, 1.807) is 4.90 Å². The van der Waals surface area contributed by atoms with Crippen molar-refractivity contribution in [2.24, 2.45) is 5.92 Å². The van der Waals surface area contributed by atoms with Crippen LogP contribution in [-0.4, -0.2) is 49.1 Å². The van der Waals surface area contributed by atoms with Crippen molar-refractivity contribution in [3.8, 4) is 0 Å². The van der Waals surface area contributed by atoms with Crippen LogP contribution < -0.4 is 5.32 Å². The summed E-state index contributed by atoms with van der Waals surface area (Å²) in [5.41, 5.74) is 0.504. The fraction of sp³-hybridized carbons (Fsp3) is 0.556. The van der Waals surface area contributed by atoms with Crippen LogP contribution in [0, 0.1) is 11.7 Å². The van der Waals surface area contributed by atoms with Crippen LogP contribution in [0.15, 0.2) is 24.3 Å². The molecule has 1 aromatic rings. The summed E-state index contributed by atoms with van der Waals surface area (Å²) in [6.07, 6.45) is 3.44. The van der Waals surface area contributed by atoms with Crippen LogP contribution in [0.1, 0.15) is 36.0 Å². The van der Waals surface area contributed by atoms with Crippen LogP contribution in [0.25, 0.3) is 0 Å². The summed E-state index contributed by atoms with van der Waals surface area (Å²) in [5.74, 6) is -0.600. The second-order valence-corrected chi connectivity index (χ2v) is 6.52. The third kappa shape index (κ3) is 4.12. The highest BCUT2D eigenvalue weighted by atomic mass is 19.1. The number of nitrogens with one attached hydrogen (secondary N) is 1. The summed E-state index contributed by atoms with van der Waals surface area (Å²) in [6.45, 7) is 2.38. The summed E-state index contributed by atoms with van der Waals surface area (Å²) in [7, 11) is 0. The van der Waals surface area contributed by atoms with Gasteiger partial charge < -0.3 is 15.0 Å². The minimum absolute atomic E-state index is 0.0199. The van der Waals surface area contributed by atoms with Gasteiger partial charge in [-0.25, -0.2) is 9.18 Å². The maximum atomic E-state index is 13.0. The second kappa shape index (κ2) is 7.75. The molecule has 0 saturated carbocycles. The molecule has 2 saturated heterocycles. The van der Waals surface area contributed by atoms with Gasteiger partial charge in [0.25, 0.3) is 0 Å². The molecular weight excluding hydrogens is 311 g/mol. The molecule has 5 nitrogen and oxygen atoms in total. The number of carbonyl (C=O) groups excluding carboxylic acids is 2. The lowest BCUT2D eigenvalue weighted by molar-refractivity contribution is 0.0679. The van der Waals surface area contributed by atoms with Gasteiger partial charge in [0, 0.05) is 31.2 Å². The number of ether oxygens (including phenoxy) is 1. The maximum Gasteiger partial charge on any atom is 0.317 e. The van der Waals surface area contributed by atoms with Gasteiger partial charge in [-0.15, -0.1) is 0 Å². The van der Waals surface area contributed by atoms with Crippen molar-refractivity contribution < 1.29 is 18.7 Å². The van der Waals surface area contributed by atoms with E-state index < -0.39 is 0 Å². The van der Waals surface area contributed by atoms with Crippen LogP contribution in [0.5, 0.6) is 0 Å². The molecule has 0 spiro atoms. The molecular formula is C18H23FN2O3. The van der Waals surface area contributed by atoms with Crippen molar-refractivity contribution >= 4 is 11.8 Å². The normalized spacial score (nSPS) is 24.5. The minimum Gasteiger partial charge on any atom is -0.379 e. The van der Waals surface area contributed by atoms with E-state index in [-0.39, 0.29) is 29.6 Å². The van der Waals surface area contributed by atoms with E-state index in [0.29, 0.717) is 25.3 Å². The predicted octanol–water partition coefficient (Wildman–Crippen LogP) is 2.61. The molecule has 2 aliphatic rings. The average molecular weight is 334 g/mol. The number of nitrogens with zero attached hydrogens (tertiary/aromatic N) is 1. The SMILES string of the molecule is O=C(c1ccc(F)cc1)[C@H]1CCCN(C(=O)N[C@H]2CCCOC2)C1. The first-order chi connectivity index (χ1) is 11.6. The Labute approximate surface area is 141 Å². The fourth-order valence-corrected chi connectivity index (χ4v) is 3.35. The van der Waals surface area contributed by atoms with Crippen LogP contribution in [-0.2, 0) is 4.74 Å². The monoisotopic (exact) mass is 334 g/mol. The van der Waals surface area contributed by atoms with Gasteiger partial charge in [0.05, 0.1) is 12.6 Å². The van der Waals surface area contributed by atoms with Crippen molar-refractivity contribution in [1.82, 2.24) is 10.2 Å². The molecule has 2 heterocycles. The number of amides is 2. The Kier molecular flexibility index (Phi) is 5.45. The molecule has 2 fully saturated rings. The number of benzene rings is 1. The molecule has 0 aromatic heterocycles. The van der Waals surface area contributed by atoms with Crippen molar-refractivity contribution in [2.75, 3.05) is 26.3 Å². The van der Waals surface area contributed by atoms with E-state index in [1.165, 1.54) is 24.3 Å². The zero-order valence-electron chi connectivity index (χ0n) is 13.7. The lowest BCUT2D eigenvalue weighted by Crippen LogP contribution is -2.51. The second-order valence-electron chi connectivity index (χ2n) is 6.52. The van der Waals surface area contributed by atoms with E-state index in [0.717, 1.165) is 32.3 Å². The van der Waals surface area contributed by atoms with Crippen LogP contribution in [0.2, 0.25) is 0 Å². The van der Waals surface area contributed by atoms with Gasteiger partial charge in [0.15, 0.2) is 5.78 Å². The van der Waals surface area contributed by atoms with Gasteiger partial charge in [-0.05, 0) is 49.9 Å². The van der Waals surface area contributed by atoms with Crippen molar-refractivity contribution in [3.63, 3.8) is 0 Å². The highest BCUT2D eigenvalue weighted by molar-refractivity contribution is 5.98. The minimum atomic E-state index is -0.356. The molecule has 0 aliphatic carbocycles. The number of hydrogen-bond donors (Lipinski definition) is 1. The standard InChI is InChI=1S/C18H23FN2O3/c19-15-7-5-13(6-8-15)17(22)14-3-1-9-21(11-14)18(23)20-16-4-2-10-24-12-16/h5-8,14,16H,1-4,9-12H2,(H,20,23)/t14-,16-/m0/s1. The summed E-state index contributed by atoms with van der Waals surface area (Å²) in [4.78, 5) is 26.7. The lowest BCUT2D eigenvalue weighted by atomic mass is 9.90. The van der Waals surface area contributed by atoms with Gasteiger partial charge >= 0.3 is 6.03 Å². The molecule has 2 amide bonds. The first-order valence-electron chi connectivity index (χ1n) is 8.56. The molecule has 2 aliphatic heterocycles. The Hall–Kier alpha value is -1.95. The topological polar surface area (TPSA) is 58.6 Å². The summed E-state index contributed by atoms with van der Waals surface area (Å²) < 4.78 is 18.4.